The molecule has 0 amide bonds. The summed E-state index contributed by atoms with van der Waals surface area (Å²) in [5.41, 5.74) is 0.226. The molecule has 0 aromatic carbocycles. The van der Waals surface area contributed by atoms with Gasteiger partial charge in [0.1, 0.15) is 0 Å². The fourth-order valence-electron chi connectivity index (χ4n) is 3.70. The second kappa shape index (κ2) is 5.71. The van der Waals surface area contributed by atoms with Crippen molar-refractivity contribution in [2.75, 3.05) is 19.7 Å². The Kier molecular flexibility index (Phi) is 4.48. The first kappa shape index (κ1) is 13.4. The molecule has 0 bridgehead atoms. The maximum absolute atomic E-state index is 9.80. The molecule has 0 spiro atoms. The van der Waals surface area contributed by atoms with Crippen molar-refractivity contribution in [1.82, 2.24) is 4.90 Å². The van der Waals surface area contributed by atoms with Crippen molar-refractivity contribution >= 4 is 0 Å². The summed E-state index contributed by atoms with van der Waals surface area (Å²) < 4.78 is 0. The Hall–Kier alpha value is -0.0800. The van der Waals surface area contributed by atoms with Gasteiger partial charge in [-0.2, -0.15) is 0 Å². The third-order valence-corrected chi connectivity index (χ3v) is 5.03. The van der Waals surface area contributed by atoms with Gasteiger partial charge in [0, 0.05) is 31.2 Å². The smallest absolute Gasteiger partial charge is 0.0499 e. The van der Waals surface area contributed by atoms with E-state index in [-0.39, 0.29) is 5.41 Å². The zero-order chi connectivity index (χ0) is 12.3. The van der Waals surface area contributed by atoms with E-state index in [9.17, 15) is 5.11 Å². The Bertz CT molecular complexity index is 235. The minimum atomic E-state index is 0.226. The number of rotatable bonds is 3. The van der Waals surface area contributed by atoms with Crippen molar-refractivity contribution in [1.29, 1.82) is 0 Å². The molecule has 2 rings (SSSR count). The van der Waals surface area contributed by atoms with Gasteiger partial charge < -0.3 is 5.11 Å². The van der Waals surface area contributed by atoms with Gasteiger partial charge >= 0.3 is 0 Å². The zero-order valence-corrected chi connectivity index (χ0v) is 11.6. The van der Waals surface area contributed by atoms with Crippen LogP contribution in [0.1, 0.15) is 58.8 Å². The van der Waals surface area contributed by atoms with E-state index in [0.29, 0.717) is 6.61 Å². The molecule has 2 heteroatoms. The quantitative estimate of drug-likeness (QED) is 0.818. The van der Waals surface area contributed by atoms with Crippen LogP contribution in [-0.2, 0) is 0 Å². The second-order valence-corrected chi connectivity index (χ2v) is 6.68. The van der Waals surface area contributed by atoms with Crippen LogP contribution in [0.5, 0.6) is 0 Å². The molecule has 1 saturated carbocycles. The van der Waals surface area contributed by atoms with Crippen molar-refractivity contribution < 1.29 is 5.11 Å². The summed E-state index contributed by atoms with van der Waals surface area (Å²) in [6.07, 6.45) is 9.19. The number of hydrogen-bond acceptors (Lipinski definition) is 2. The summed E-state index contributed by atoms with van der Waals surface area (Å²) >= 11 is 0. The van der Waals surface area contributed by atoms with E-state index in [1.165, 1.54) is 51.5 Å². The molecule has 1 aliphatic heterocycles. The van der Waals surface area contributed by atoms with Crippen LogP contribution >= 0.6 is 0 Å². The Balaban J connectivity index is 1.96. The Morgan fingerprint density at radius 2 is 1.82 bits per heavy atom. The van der Waals surface area contributed by atoms with Crippen molar-refractivity contribution in [2.45, 2.75) is 64.8 Å². The second-order valence-electron chi connectivity index (χ2n) is 6.68. The summed E-state index contributed by atoms with van der Waals surface area (Å²) in [4.78, 5) is 2.65. The lowest BCUT2D eigenvalue weighted by Gasteiger charge is -2.45. The van der Waals surface area contributed by atoms with Crippen molar-refractivity contribution in [3.8, 4) is 0 Å². The van der Waals surface area contributed by atoms with Gasteiger partial charge in [0.2, 0.25) is 0 Å². The molecule has 1 aliphatic carbocycles. The fourth-order valence-corrected chi connectivity index (χ4v) is 3.70. The summed E-state index contributed by atoms with van der Waals surface area (Å²) in [7, 11) is 0. The van der Waals surface area contributed by atoms with Crippen LogP contribution < -0.4 is 0 Å². The highest BCUT2D eigenvalue weighted by Gasteiger charge is 2.35. The molecule has 2 fully saturated rings. The SMILES string of the molecule is CC1CCC(C)N(CC2(CO)CCCCC2)C1. The number of hydrogen-bond donors (Lipinski definition) is 1. The van der Waals surface area contributed by atoms with E-state index in [1.807, 2.05) is 0 Å². The average molecular weight is 239 g/mol. The number of aliphatic hydroxyl groups is 1. The molecule has 2 unspecified atom stereocenters. The molecule has 2 nitrogen and oxygen atoms in total. The highest BCUT2D eigenvalue weighted by Crippen LogP contribution is 2.38. The first-order valence-corrected chi connectivity index (χ1v) is 7.50. The lowest BCUT2D eigenvalue weighted by atomic mass is 9.73. The van der Waals surface area contributed by atoms with Crippen LogP contribution in [0.2, 0.25) is 0 Å². The standard InChI is InChI=1S/C15H29NO/c1-13-6-7-14(2)16(10-13)11-15(12-17)8-4-3-5-9-15/h13-14,17H,3-12H2,1-2H3. The molecule has 1 N–H and O–H groups in total. The van der Waals surface area contributed by atoms with Gasteiger partial charge in [-0.3, -0.25) is 4.90 Å². The molecular formula is C15H29NO. The highest BCUT2D eigenvalue weighted by molar-refractivity contribution is 4.88. The van der Waals surface area contributed by atoms with Gasteiger partial charge in [0.05, 0.1) is 0 Å². The van der Waals surface area contributed by atoms with E-state index in [2.05, 4.69) is 18.7 Å². The van der Waals surface area contributed by atoms with E-state index in [4.69, 9.17) is 0 Å². The summed E-state index contributed by atoms with van der Waals surface area (Å²) in [5, 5.41) is 9.80. The molecule has 100 valence electrons. The summed E-state index contributed by atoms with van der Waals surface area (Å²) in [6.45, 7) is 7.49. The Labute approximate surface area is 106 Å². The molecule has 17 heavy (non-hydrogen) atoms. The molecule has 0 radical (unpaired) electrons. The van der Waals surface area contributed by atoms with E-state index in [0.717, 1.165) is 18.5 Å². The van der Waals surface area contributed by atoms with Crippen LogP contribution in [0.15, 0.2) is 0 Å². The van der Waals surface area contributed by atoms with Crippen LogP contribution in [0, 0.1) is 11.3 Å². The van der Waals surface area contributed by atoms with Crippen molar-refractivity contribution in [3.63, 3.8) is 0 Å². The average Bonchev–Trinajstić information content (AvgIpc) is 2.35. The highest BCUT2D eigenvalue weighted by atomic mass is 16.3. The summed E-state index contributed by atoms with van der Waals surface area (Å²) in [6, 6.07) is 0.719. The largest absolute Gasteiger partial charge is 0.396 e. The molecule has 0 aromatic heterocycles. The van der Waals surface area contributed by atoms with E-state index >= 15 is 0 Å². The predicted octanol–water partition coefficient (Wildman–Crippen LogP) is 3.05. The Morgan fingerprint density at radius 1 is 1.12 bits per heavy atom. The lowest BCUT2D eigenvalue weighted by molar-refractivity contribution is 0.00838. The van der Waals surface area contributed by atoms with Crippen LogP contribution in [0.3, 0.4) is 0 Å². The maximum Gasteiger partial charge on any atom is 0.0499 e. The summed E-state index contributed by atoms with van der Waals surface area (Å²) in [5.74, 6) is 0.838. The molecular weight excluding hydrogens is 210 g/mol. The molecule has 2 atom stereocenters. The number of likely N-dealkylation sites (tertiary alicyclic amines) is 1. The number of piperidine rings is 1. The van der Waals surface area contributed by atoms with Crippen LogP contribution in [-0.4, -0.2) is 35.7 Å². The minimum Gasteiger partial charge on any atom is -0.396 e. The van der Waals surface area contributed by atoms with Crippen LogP contribution in [0.25, 0.3) is 0 Å². The third kappa shape index (κ3) is 3.23. The number of aliphatic hydroxyl groups excluding tert-OH is 1. The van der Waals surface area contributed by atoms with E-state index < -0.39 is 0 Å². The first-order valence-electron chi connectivity index (χ1n) is 7.50. The van der Waals surface area contributed by atoms with Crippen molar-refractivity contribution in [3.05, 3.63) is 0 Å². The van der Waals surface area contributed by atoms with Crippen LogP contribution in [0.4, 0.5) is 0 Å². The Morgan fingerprint density at radius 3 is 2.47 bits per heavy atom. The monoisotopic (exact) mass is 239 g/mol. The predicted molar refractivity (Wildman–Crippen MR) is 72.0 cm³/mol. The number of nitrogens with zero attached hydrogens (tertiary/aromatic N) is 1. The van der Waals surface area contributed by atoms with Gasteiger partial charge in [-0.05, 0) is 38.5 Å². The van der Waals surface area contributed by atoms with Crippen molar-refractivity contribution in [2.24, 2.45) is 11.3 Å². The minimum absolute atomic E-state index is 0.226. The topological polar surface area (TPSA) is 23.5 Å². The van der Waals surface area contributed by atoms with Gasteiger partial charge in [0.15, 0.2) is 0 Å². The first-order chi connectivity index (χ1) is 8.15. The van der Waals surface area contributed by atoms with Gasteiger partial charge in [-0.25, -0.2) is 0 Å². The maximum atomic E-state index is 9.80. The van der Waals surface area contributed by atoms with Gasteiger partial charge in [0.25, 0.3) is 0 Å². The molecule has 0 aromatic rings. The normalized spacial score (nSPS) is 34.8. The lowest BCUT2D eigenvalue weighted by Crippen LogP contribution is -2.49. The molecule has 1 saturated heterocycles. The zero-order valence-electron chi connectivity index (χ0n) is 11.6. The molecule has 2 aliphatic rings. The fraction of sp³-hybridized carbons (Fsp3) is 1.00. The molecule has 1 heterocycles. The van der Waals surface area contributed by atoms with Gasteiger partial charge in [-0.15, -0.1) is 0 Å². The third-order valence-electron chi connectivity index (χ3n) is 5.03. The van der Waals surface area contributed by atoms with E-state index in [1.54, 1.807) is 0 Å². The van der Waals surface area contributed by atoms with Gasteiger partial charge in [-0.1, -0.05) is 26.2 Å².